The van der Waals surface area contributed by atoms with Gasteiger partial charge in [-0.05, 0) is 35.9 Å². The van der Waals surface area contributed by atoms with Crippen LogP contribution in [0, 0.1) is 11.3 Å². The molecule has 112 valence electrons. The van der Waals surface area contributed by atoms with Crippen molar-refractivity contribution in [1.29, 1.82) is 5.26 Å². The van der Waals surface area contributed by atoms with Crippen LogP contribution in [-0.4, -0.2) is 21.5 Å². The Morgan fingerprint density at radius 1 is 1.14 bits per heavy atom. The number of hydrogen-bond donors (Lipinski definition) is 2. The van der Waals surface area contributed by atoms with Crippen molar-refractivity contribution < 1.29 is 8.42 Å². The van der Waals surface area contributed by atoms with E-state index in [2.05, 4.69) is 10.0 Å². The molecule has 22 heavy (non-hydrogen) atoms. The standard InChI is InChI=1S/C16H15N3O2S/c17-9-12-3-1-6-16(7-12)22(20,21)19-15-5-2-4-13(8-15)14-10-18-11-14/h1-8,14,18-19H,10-11H2. The predicted octanol–water partition coefficient (Wildman–Crippen LogP) is 2.05. The summed E-state index contributed by atoms with van der Waals surface area (Å²) in [5.74, 6) is 0.436. The number of nitrogens with zero attached hydrogens (tertiary/aromatic N) is 1. The molecule has 2 aromatic carbocycles. The Kier molecular flexibility index (Phi) is 3.84. The Labute approximate surface area is 129 Å². The Morgan fingerprint density at radius 3 is 2.59 bits per heavy atom. The SMILES string of the molecule is N#Cc1cccc(S(=O)(=O)Nc2cccc(C3CNC3)c2)c1. The van der Waals surface area contributed by atoms with Crippen LogP contribution in [0.1, 0.15) is 17.0 Å². The third kappa shape index (κ3) is 2.96. The first kappa shape index (κ1) is 14.6. The monoisotopic (exact) mass is 313 g/mol. The highest BCUT2D eigenvalue weighted by atomic mass is 32.2. The van der Waals surface area contributed by atoms with Crippen molar-refractivity contribution in [3.8, 4) is 6.07 Å². The highest BCUT2D eigenvalue weighted by molar-refractivity contribution is 7.92. The second-order valence-electron chi connectivity index (χ2n) is 5.23. The van der Waals surface area contributed by atoms with Gasteiger partial charge in [-0.15, -0.1) is 0 Å². The molecule has 0 saturated carbocycles. The van der Waals surface area contributed by atoms with Gasteiger partial charge in [0, 0.05) is 24.7 Å². The lowest BCUT2D eigenvalue weighted by molar-refractivity contribution is 0.448. The summed E-state index contributed by atoms with van der Waals surface area (Å²) in [6.07, 6.45) is 0. The molecule has 5 nitrogen and oxygen atoms in total. The van der Waals surface area contributed by atoms with Gasteiger partial charge in [0.15, 0.2) is 0 Å². The first-order valence-corrected chi connectivity index (χ1v) is 8.40. The molecule has 1 fully saturated rings. The van der Waals surface area contributed by atoms with Crippen molar-refractivity contribution in [1.82, 2.24) is 5.32 Å². The third-order valence-electron chi connectivity index (χ3n) is 3.67. The van der Waals surface area contributed by atoms with E-state index in [4.69, 9.17) is 5.26 Å². The molecule has 0 amide bonds. The lowest BCUT2D eigenvalue weighted by Gasteiger charge is -2.27. The molecular formula is C16H15N3O2S. The summed E-state index contributed by atoms with van der Waals surface area (Å²) in [5.41, 5.74) is 1.97. The molecule has 0 aromatic heterocycles. The van der Waals surface area contributed by atoms with Crippen LogP contribution in [-0.2, 0) is 10.0 Å². The highest BCUT2D eigenvalue weighted by Crippen LogP contribution is 2.24. The van der Waals surface area contributed by atoms with Crippen molar-refractivity contribution in [3.63, 3.8) is 0 Å². The molecule has 2 N–H and O–H groups in total. The number of hydrogen-bond acceptors (Lipinski definition) is 4. The first-order valence-electron chi connectivity index (χ1n) is 6.92. The van der Waals surface area contributed by atoms with E-state index >= 15 is 0 Å². The second kappa shape index (κ2) is 5.79. The van der Waals surface area contributed by atoms with E-state index in [1.165, 1.54) is 12.1 Å². The van der Waals surface area contributed by atoms with E-state index < -0.39 is 10.0 Å². The number of nitrogens with one attached hydrogen (secondary N) is 2. The van der Waals surface area contributed by atoms with Crippen LogP contribution in [0.2, 0.25) is 0 Å². The van der Waals surface area contributed by atoms with Crippen LogP contribution in [0.4, 0.5) is 5.69 Å². The van der Waals surface area contributed by atoms with Crippen LogP contribution in [0.15, 0.2) is 53.4 Å². The molecule has 0 bridgehead atoms. The summed E-state index contributed by atoms with van der Waals surface area (Å²) in [7, 11) is -3.69. The van der Waals surface area contributed by atoms with Crippen molar-refractivity contribution in [3.05, 3.63) is 59.7 Å². The average molecular weight is 313 g/mol. The molecule has 6 heteroatoms. The van der Waals surface area contributed by atoms with Crippen LogP contribution in [0.5, 0.6) is 0 Å². The molecular weight excluding hydrogens is 298 g/mol. The van der Waals surface area contributed by atoms with Gasteiger partial charge >= 0.3 is 0 Å². The van der Waals surface area contributed by atoms with Gasteiger partial charge < -0.3 is 5.32 Å². The van der Waals surface area contributed by atoms with Gasteiger partial charge in [0.1, 0.15) is 0 Å². The molecule has 3 rings (SSSR count). The van der Waals surface area contributed by atoms with Crippen LogP contribution >= 0.6 is 0 Å². The third-order valence-corrected chi connectivity index (χ3v) is 5.04. The minimum Gasteiger partial charge on any atom is -0.315 e. The molecule has 1 aliphatic rings. The summed E-state index contributed by atoms with van der Waals surface area (Å²) in [4.78, 5) is 0.0854. The van der Waals surface area contributed by atoms with Crippen molar-refractivity contribution in [2.24, 2.45) is 0 Å². The van der Waals surface area contributed by atoms with Crippen LogP contribution in [0.25, 0.3) is 0 Å². The van der Waals surface area contributed by atoms with Crippen molar-refractivity contribution in [2.75, 3.05) is 17.8 Å². The van der Waals surface area contributed by atoms with E-state index in [-0.39, 0.29) is 4.90 Å². The van der Waals surface area contributed by atoms with E-state index in [1.807, 2.05) is 24.3 Å². The fraction of sp³-hybridized carbons (Fsp3) is 0.188. The minimum atomic E-state index is -3.69. The van der Waals surface area contributed by atoms with Gasteiger partial charge in [-0.25, -0.2) is 8.42 Å². The van der Waals surface area contributed by atoms with Gasteiger partial charge in [-0.3, -0.25) is 4.72 Å². The van der Waals surface area contributed by atoms with Gasteiger partial charge in [0.25, 0.3) is 10.0 Å². The largest absolute Gasteiger partial charge is 0.315 e. The van der Waals surface area contributed by atoms with E-state index in [0.717, 1.165) is 18.7 Å². The fourth-order valence-electron chi connectivity index (χ4n) is 2.33. The number of rotatable bonds is 4. The predicted molar refractivity (Wildman–Crippen MR) is 84.0 cm³/mol. The van der Waals surface area contributed by atoms with Crippen LogP contribution < -0.4 is 10.0 Å². The summed E-state index contributed by atoms with van der Waals surface area (Å²) in [5, 5.41) is 12.1. The summed E-state index contributed by atoms with van der Waals surface area (Å²) < 4.78 is 27.4. The maximum Gasteiger partial charge on any atom is 0.261 e. The summed E-state index contributed by atoms with van der Waals surface area (Å²) in [6.45, 7) is 1.83. The maximum absolute atomic E-state index is 12.4. The first-order chi connectivity index (χ1) is 10.6. The lowest BCUT2D eigenvalue weighted by atomic mass is 9.94. The Hall–Kier alpha value is -2.36. The lowest BCUT2D eigenvalue weighted by Crippen LogP contribution is -2.39. The highest BCUT2D eigenvalue weighted by Gasteiger charge is 2.20. The number of benzene rings is 2. The zero-order chi connectivity index (χ0) is 15.6. The van der Waals surface area contributed by atoms with Gasteiger partial charge in [0.2, 0.25) is 0 Å². The van der Waals surface area contributed by atoms with Crippen molar-refractivity contribution in [2.45, 2.75) is 10.8 Å². The molecule has 2 aromatic rings. The molecule has 1 heterocycles. The zero-order valence-corrected chi connectivity index (χ0v) is 12.6. The second-order valence-corrected chi connectivity index (χ2v) is 6.91. The molecule has 0 unspecified atom stereocenters. The van der Waals surface area contributed by atoms with E-state index in [9.17, 15) is 8.42 Å². The van der Waals surface area contributed by atoms with E-state index in [1.54, 1.807) is 18.2 Å². The number of nitriles is 1. The molecule has 0 atom stereocenters. The quantitative estimate of drug-likeness (QED) is 0.905. The Morgan fingerprint density at radius 2 is 1.91 bits per heavy atom. The van der Waals surface area contributed by atoms with Crippen LogP contribution in [0.3, 0.4) is 0 Å². The van der Waals surface area contributed by atoms with Gasteiger partial charge in [-0.1, -0.05) is 18.2 Å². The minimum absolute atomic E-state index is 0.0854. The average Bonchev–Trinajstić information content (AvgIpc) is 2.45. The molecule has 1 aliphatic heterocycles. The van der Waals surface area contributed by atoms with E-state index in [0.29, 0.717) is 17.2 Å². The summed E-state index contributed by atoms with van der Waals surface area (Å²) in [6, 6.07) is 15.3. The smallest absolute Gasteiger partial charge is 0.261 e. The fourth-order valence-corrected chi connectivity index (χ4v) is 3.42. The number of anilines is 1. The van der Waals surface area contributed by atoms with Gasteiger partial charge in [0.05, 0.1) is 16.5 Å². The topological polar surface area (TPSA) is 82.0 Å². The summed E-state index contributed by atoms with van der Waals surface area (Å²) >= 11 is 0. The molecule has 0 spiro atoms. The molecule has 0 radical (unpaired) electrons. The molecule has 0 aliphatic carbocycles. The van der Waals surface area contributed by atoms with Crippen molar-refractivity contribution >= 4 is 15.7 Å². The normalized spacial score (nSPS) is 14.9. The Bertz CT molecular complexity index is 836. The maximum atomic E-state index is 12.4. The van der Waals surface area contributed by atoms with Gasteiger partial charge in [-0.2, -0.15) is 5.26 Å². The number of sulfonamides is 1. The Balaban J connectivity index is 1.86. The molecule has 1 saturated heterocycles. The zero-order valence-electron chi connectivity index (χ0n) is 11.8.